The number of rotatable bonds is 4. The monoisotopic (exact) mass is 363 g/mol. The maximum Gasteiger partial charge on any atom is 0.321 e. The van der Waals surface area contributed by atoms with Crippen LogP contribution in [0.3, 0.4) is 0 Å². The molecule has 1 aromatic carbocycles. The number of nitrogens with one attached hydrogen (secondary N) is 2. The molecule has 0 radical (unpaired) electrons. The van der Waals surface area contributed by atoms with Crippen molar-refractivity contribution >= 4 is 11.7 Å². The van der Waals surface area contributed by atoms with E-state index < -0.39 is 0 Å². The molecule has 0 atom stereocenters. The second kappa shape index (κ2) is 7.90. The van der Waals surface area contributed by atoms with E-state index in [1.807, 2.05) is 35.2 Å². The first-order chi connectivity index (χ1) is 13.3. The van der Waals surface area contributed by atoms with Crippen LogP contribution in [-0.2, 0) is 0 Å². The number of ether oxygens (including phenoxy) is 1. The molecule has 1 aliphatic heterocycles. The number of likely N-dealkylation sites (tertiary alicyclic amines) is 1. The highest BCUT2D eigenvalue weighted by atomic mass is 16.5. The lowest BCUT2D eigenvalue weighted by Crippen LogP contribution is -2.40. The molecule has 1 saturated heterocycles. The maximum atomic E-state index is 12.6. The highest BCUT2D eigenvalue weighted by molar-refractivity contribution is 5.89. The summed E-state index contributed by atoms with van der Waals surface area (Å²) in [5.74, 6) is 1.81. The number of H-pyrrole nitrogens is 1. The minimum absolute atomic E-state index is 0.0841. The van der Waals surface area contributed by atoms with Gasteiger partial charge in [0.1, 0.15) is 11.5 Å². The summed E-state index contributed by atoms with van der Waals surface area (Å²) in [6, 6.07) is 12.9. The van der Waals surface area contributed by atoms with Crippen LogP contribution in [0.2, 0.25) is 0 Å². The zero-order valence-electron chi connectivity index (χ0n) is 14.8. The number of piperidine rings is 1. The number of hydrogen-bond donors (Lipinski definition) is 2. The van der Waals surface area contributed by atoms with Gasteiger partial charge in [-0.1, -0.05) is 6.07 Å². The van der Waals surface area contributed by atoms with Gasteiger partial charge in [0.05, 0.1) is 0 Å². The van der Waals surface area contributed by atoms with Gasteiger partial charge in [0.2, 0.25) is 0 Å². The number of pyridine rings is 1. The van der Waals surface area contributed by atoms with E-state index in [2.05, 4.69) is 20.5 Å². The number of carbonyl (C=O) groups excluding carboxylic acids is 1. The fourth-order valence-electron chi connectivity index (χ4n) is 3.27. The van der Waals surface area contributed by atoms with Gasteiger partial charge >= 0.3 is 6.03 Å². The van der Waals surface area contributed by atoms with E-state index in [4.69, 9.17) is 4.74 Å². The van der Waals surface area contributed by atoms with Crippen molar-refractivity contribution in [2.45, 2.75) is 18.8 Å². The van der Waals surface area contributed by atoms with Gasteiger partial charge in [-0.05, 0) is 43.2 Å². The highest BCUT2D eigenvalue weighted by Crippen LogP contribution is 2.27. The van der Waals surface area contributed by atoms with Gasteiger partial charge in [-0.2, -0.15) is 5.10 Å². The van der Waals surface area contributed by atoms with Crippen molar-refractivity contribution in [2.24, 2.45) is 0 Å². The molecule has 2 aromatic heterocycles. The van der Waals surface area contributed by atoms with Gasteiger partial charge < -0.3 is 15.0 Å². The maximum absolute atomic E-state index is 12.6. The number of aromatic amines is 1. The van der Waals surface area contributed by atoms with Crippen LogP contribution in [0, 0.1) is 0 Å². The van der Waals surface area contributed by atoms with Crippen LogP contribution in [0.5, 0.6) is 11.5 Å². The van der Waals surface area contributed by atoms with Crippen molar-refractivity contribution in [3.8, 4) is 11.5 Å². The topological polar surface area (TPSA) is 83.1 Å². The first-order valence-corrected chi connectivity index (χ1v) is 9.01. The predicted octanol–water partition coefficient (Wildman–Crippen LogP) is 4.01. The zero-order valence-corrected chi connectivity index (χ0v) is 14.8. The minimum atomic E-state index is -0.0841. The molecule has 2 N–H and O–H groups in total. The van der Waals surface area contributed by atoms with Crippen molar-refractivity contribution in [3.05, 3.63) is 66.7 Å². The molecular weight excluding hydrogens is 342 g/mol. The van der Waals surface area contributed by atoms with Crippen LogP contribution >= 0.6 is 0 Å². The van der Waals surface area contributed by atoms with Gasteiger partial charge in [0.25, 0.3) is 0 Å². The number of hydrogen-bond acceptors (Lipinski definition) is 4. The van der Waals surface area contributed by atoms with Gasteiger partial charge in [0.15, 0.2) is 0 Å². The quantitative estimate of drug-likeness (QED) is 0.734. The first kappa shape index (κ1) is 17.1. The lowest BCUT2D eigenvalue weighted by Gasteiger charge is -2.31. The molecule has 4 rings (SSSR count). The Hall–Kier alpha value is -3.35. The number of benzene rings is 1. The fourth-order valence-corrected chi connectivity index (χ4v) is 3.27. The third-order valence-corrected chi connectivity index (χ3v) is 4.72. The molecule has 3 aromatic rings. The Labute approximate surface area is 157 Å². The number of anilines is 1. The molecular formula is C20H21N5O2. The summed E-state index contributed by atoms with van der Waals surface area (Å²) in [5, 5.41) is 10.0. The minimum Gasteiger partial charge on any atom is -0.457 e. The van der Waals surface area contributed by atoms with Crippen molar-refractivity contribution in [3.63, 3.8) is 0 Å². The smallest absolute Gasteiger partial charge is 0.321 e. The van der Waals surface area contributed by atoms with Gasteiger partial charge in [0, 0.05) is 55.0 Å². The van der Waals surface area contributed by atoms with Crippen molar-refractivity contribution < 1.29 is 9.53 Å². The Morgan fingerprint density at radius 3 is 2.63 bits per heavy atom. The Kier molecular flexibility index (Phi) is 5.00. The van der Waals surface area contributed by atoms with Crippen molar-refractivity contribution in [1.29, 1.82) is 0 Å². The number of aromatic nitrogens is 3. The molecule has 138 valence electrons. The Bertz CT molecular complexity index is 874. The number of carbonyl (C=O) groups is 1. The summed E-state index contributed by atoms with van der Waals surface area (Å²) in [6.07, 6.45) is 6.98. The van der Waals surface area contributed by atoms with Crippen LogP contribution < -0.4 is 10.1 Å². The lowest BCUT2D eigenvalue weighted by atomic mass is 9.94. The summed E-state index contributed by atoms with van der Waals surface area (Å²) in [6.45, 7) is 1.45. The zero-order chi connectivity index (χ0) is 18.5. The largest absolute Gasteiger partial charge is 0.457 e. The molecule has 0 saturated carbocycles. The molecule has 0 unspecified atom stereocenters. The van der Waals surface area contributed by atoms with Crippen molar-refractivity contribution in [1.82, 2.24) is 20.1 Å². The average molecular weight is 363 g/mol. The number of urea groups is 1. The van der Waals surface area contributed by atoms with E-state index >= 15 is 0 Å². The van der Waals surface area contributed by atoms with Gasteiger partial charge in [-0.25, -0.2) is 4.79 Å². The molecule has 27 heavy (non-hydrogen) atoms. The molecule has 0 aliphatic carbocycles. The average Bonchev–Trinajstić information content (AvgIpc) is 3.24. The van der Waals surface area contributed by atoms with E-state index in [-0.39, 0.29) is 6.03 Å². The second-order valence-electron chi connectivity index (χ2n) is 6.52. The summed E-state index contributed by atoms with van der Waals surface area (Å²) in [4.78, 5) is 18.4. The molecule has 7 nitrogen and oxygen atoms in total. The summed E-state index contributed by atoms with van der Waals surface area (Å²) < 4.78 is 5.79. The van der Waals surface area contributed by atoms with E-state index in [9.17, 15) is 4.79 Å². The molecule has 2 amide bonds. The number of nitrogens with zero attached hydrogens (tertiary/aromatic N) is 3. The molecule has 7 heteroatoms. The van der Waals surface area contributed by atoms with E-state index in [1.165, 1.54) is 0 Å². The van der Waals surface area contributed by atoms with Crippen molar-refractivity contribution in [2.75, 3.05) is 18.4 Å². The van der Waals surface area contributed by atoms with Crippen LogP contribution in [-0.4, -0.2) is 39.2 Å². The summed E-state index contributed by atoms with van der Waals surface area (Å²) >= 11 is 0. The molecule has 0 bridgehead atoms. The third kappa shape index (κ3) is 4.25. The molecule has 0 spiro atoms. The second-order valence-corrected chi connectivity index (χ2v) is 6.52. The van der Waals surface area contributed by atoms with E-state index in [0.29, 0.717) is 23.1 Å². The molecule has 1 fully saturated rings. The first-order valence-electron chi connectivity index (χ1n) is 9.01. The predicted molar refractivity (Wildman–Crippen MR) is 102 cm³/mol. The summed E-state index contributed by atoms with van der Waals surface area (Å²) in [5.41, 5.74) is 1.86. The number of amides is 2. The summed E-state index contributed by atoms with van der Waals surface area (Å²) in [7, 11) is 0. The van der Waals surface area contributed by atoms with Crippen LogP contribution in [0.15, 0.2) is 61.1 Å². The molecule has 1 aliphatic rings. The fraction of sp³-hybridized carbons (Fsp3) is 0.250. The van der Waals surface area contributed by atoms with Crippen LogP contribution in [0.25, 0.3) is 0 Å². The van der Waals surface area contributed by atoms with Gasteiger partial charge in [-0.3, -0.25) is 10.1 Å². The lowest BCUT2D eigenvalue weighted by molar-refractivity contribution is 0.194. The normalized spacial score (nSPS) is 14.7. The van der Waals surface area contributed by atoms with E-state index in [0.717, 1.165) is 31.6 Å². The highest BCUT2D eigenvalue weighted by Gasteiger charge is 2.24. The van der Waals surface area contributed by atoms with Crippen LogP contribution in [0.4, 0.5) is 10.5 Å². The van der Waals surface area contributed by atoms with E-state index in [1.54, 1.807) is 30.7 Å². The van der Waals surface area contributed by atoms with Crippen LogP contribution in [0.1, 0.15) is 24.5 Å². The third-order valence-electron chi connectivity index (χ3n) is 4.72. The Balaban J connectivity index is 1.34. The Morgan fingerprint density at radius 2 is 1.89 bits per heavy atom. The standard InChI is InChI=1S/C20H21N5O2/c26-20(25-12-7-15(8-13-25)19-6-11-22-24-19)23-16-2-1-3-18(14-16)27-17-4-9-21-10-5-17/h1-6,9-11,14-15H,7-8,12-13H2,(H,22,24)(H,23,26). The molecule has 3 heterocycles. The van der Waals surface area contributed by atoms with Gasteiger partial charge in [-0.15, -0.1) is 0 Å². The Morgan fingerprint density at radius 1 is 1.07 bits per heavy atom. The SMILES string of the molecule is O=C(Nc1cccc(Oc2ccncc2)c1)N1CCC(c2ccn[nH]2)CC1.